The van der Waals surface area contributed by atoms with Crippen LogP contribution in [0, 0.1) is 0 Å². The molecule has 1 heterocycles. The van der Waals surface area contributed by atoms with Gasteiger partial charge in [-0.2, -0.15) is 0 Å². The Kier molecular flexibility index (Phi) is 2.25. The van der Waals surface area contributed by atoms with Gasteiger partial charge in [-0.15, -0.1) is 0 Å². The van der Waals surface area contributed by atoms with E-state index in [1.165, 1.54) is 0 Å². The molecule has 0 amide bonds. The van der Waals surface area contributed by atoms with Gasteiger partial charge in [0.25, 0.3) is 0 Å². The number of benzene rings is 1. The van der Waals surface area contributed by atoms with Crippen molar-refractivity contribution in [1.82, 2.24) is 0 Å². The van der Waals surface area contributed by atoms with Crippen molar-refractivity contribution in [3.63, 3.8) is 0 Å². The molecule has 2 N–H and O–H groups in total. The molecule has 0 saturated carbocycles. The SMILES string of the molecule is NCCc1coc2cccc(Cl)c12. The topological polar surface area (TPSA) is 39.2 Å². The van der Waals surface area contributed by atoms with Crippen molar-refractivity contribution in [2.24, 2.45) is 5.73 Å². The zero-order valence-electron chi connectivity index (χ0n) is 7.09. The van der Waals surface area contributed by atoms with E-state index in [-0.39, 0.29) is 0 Å². The molecule has 1 aromatic carbocycles. The van der Waals surface area contributed by atoms with Gasteiger partial charge in [-0.1, -0.05) is 17.7 Å². The summed E-state index contributed by atoms with van der Waals surface area (Å²) in [5, 5.41) is 1.73. The van der Waals surface area contributed by atoms with E-state index in [9.17, 15) is 0 Å². The minimum Gasteiger partial charge on any atom is -0.464 e. The fourth-order valence-electron chi connectivity index (χ4n) is 1.45. The normalized spacial score (nSPS) is 10.9. The van der Waals surface area contributed by atoms with Crippen LogP contribution in [0.2, 0.25) is 5.02 Å². The molecule has 13 heavy (non-hydrogen) atoms. The summed E-state index contributed by atoms with van der Waals surface area (Å²) in [6.45, 7) is 0.611. The number of hydrogen-bond donors (Lipinski definition) is 1. The summed E-state index contributed by atoms with van der Waals surface area (Å²) in [6.07, 6.45) is 2.53. The van der Waals surface area contributed by atoms with Gasteiger partial charge < -0.3 is 10.2 Å². The first-order valence-electron chi connectivity index (χ1n) is 4.17. The number of hydrogen-bond acceptors (Lipinski definition) is 2. The predicted molar refractivity (Wildman–Crippen MR) is 54.0 cm³/mol. The van der Waals surface area contributed by atoms with Crippen molar-refractivity contribution < 1.29 is 4.42 Å². The summed E-state index contributed by atoms with van der Waals surface area (Å²) < 4.78 is 5.34. The smallest absolute Gasteiger partial charge is 0.135 e. The summed E-state index contributed by atoms with van der Waals surface area (Å²) in [7, 11) is 0. The molecule has 0 radical (unpaired) electrons. The zero-order valence-corrected chi connectivity index (χ0v) is 7.84. The Hall–Kier alpha value is -0.990. The summed E-state index contributed by atoms with van der Waals surface area (Å²) in [6, 6.07) is 5.64. The van der Waals surface area contributed by atoms with Crippen LogP contribution in [0.5, 0.6) is 0 Å². The maximum absolute atomic E-state index is 6.04. The Bertz CT molecular complexity index is 422. The van der Waals surface area contributed by atoms with E-state index >= 15 is 0 Å². The van der Waals surface area contributed by atoms with Crippen LogP contribution >= 0.6 is 11.6 Å². The fraction of sp³-hybridized carbons (Fsp3) is 0.200. The average Bonchev–Trinajstić information content (AvgIpc) is 2.51. The van der Waals surface area contributed by atoms with E-state index < -0.39 is 0 Å². The van der Waals surface area contributed by atoms with Crippen molar-refractivity contribution >= 4 is 22.6 Å². The number of rotatable bonds is 2. The second kappa shape index (κ2) is 3.40. The quantitative estimate of drug-likeness (QED) is 0.800. The largest absolute Gasteiger partial charge is 0.464 e. The lowest BCUT2D eigenvalue weighted by Gasteiger charge is -1.95. The highest BCUT2D eigenvalue weighted by molar-refractivity contribution is 6.35. The van der Waals surface area contributed by atoms with Crippen LogP contribution < -0.4 is 5.73 Å². The summed E-state index contributed by atoms with van der Waals surface area (Å²) in [4.78, 5) is 0. The molecule has 0 aliphatic rings. The first-order valence-corrected chi connectivity index (χ1v) is 4.55. The highest BCUT2D eigenvalue weighted by Crippen LogP contribution is 2.28. The van der Waals surface area contributed by atoms with Gasteiger partial charge >= 0.3 is 0 Å². The van der Waals surface area contributed by atoms with Crippen molar-refractivity contribution in [2.75, 3.05) is 6.54 Å². The van der Waals surface area contributed by atoms with Crippen LogP contribution in [0.1, 0.15) is 5.56 Å². The second-order valence-electron chi connectivity index (χ2n) is 2.91. The van der Waals surface area contributed by atoms with Crippen LogP contribution in [-0.2, 0) is 6.42 Å². The Morgan fingerprint density at radius 2 is 2.23 bits per heavy atom. The molecule has 0 aliphatic heterocycles. The molecule has 3 heteroatoms. The third-order valence-corrected chi connectivity index (χ3v) is 2.35. The molecule has 0 fully saturated rings. The number of halogens is 1. The predicted octanol–water partition coefficient (Wildman–Crippen LogP) is 2.59. The van der Waals surface area contributed by atoms with E-state index in [0.29, 0.717) is 6.54 Å². The Balaban J connectivity index is 2.64. The summed E-state index contributed by atoms with van der Waals surface area (Å²) >= 11 is 6.04. The second-order valence-corrected chi connectivity index (χ2v) is 3.32. The van der Waals surface area contributed by atoms with Crippen LogP contribution in [-0.4, -0.2) is 6.54 Å². The summed E-state index contributed by atoms with van der Waals surface area (Å²) in [5.41, 5.74) is 7.39. The monoisotopic (exact) mass is 195 g/mol. The van der Waals surface area contributed by atoms with Gasteiger partial charge in [0.15, 0.2) is 0 Å². The highest BCUT2D eigenvalue weighted by Gasteiger charge is 2.07. The highest BCUT2D eigenvalue weighted by atomic mass is 35.5. The molecule has 2 aromatic rings. The molecule has 2 nitrogen and oxygen atoms in total. The van der Waals surface area contributed by atoms with E-state index in [0.717, 1.165) is 28.0 Å². The molecule has 0 bridgehead atoms. The third kappa shape index (κ3) is 1.43. The molecule has 0 atom stereocenters. The minimum atomic E-state index is 0.611. The third-order valence-electron chi connectivity index (χ3n) is 2.04. The zero-order chi connectivity index (χ0) is 9.26. The van der Waals surface area contributed by atoms with E-state index in [1.54, 1.807) is 6.26 Å². The van der Waals surface area contributed by atoms with Gasteiger partial charge in [-0.25, -0.2) is 0 Å². The Morgan fingerprint density at radius 1 is 1.38 bits per heavy atom. The molecular formula is C10H10ClNO. The van der Waals surface area contributed by atoms with Crippen LogP contribution in [0.25, 0.3) is 11.0 Å². The van der Waals surface area contributed by atoms with Crippen LogP contribution in [0.3, 0.4) is 0 Å². The molecule has 2 rings (SSSR count). The van der Waals surface area contributed by atoms with Crippen LogP contribution in [0.4, 0.5) is 0 Å². The molecular weight excluding hydrogens is 186 g/mol. The van der Waals surface area contributed by atoms with E-state index in [1.807, 2.05) is 18.2 Å². The first-order chi connectivity index (χ1) is 6.33. The van der Waals surface area contributed by atoms with E-state index in [4.69, 9.17) is 21.8 Å². The lowest BCUT2D eigenvalue weighted by Crippen LogP contribution is -2.01. The van der Waals surface area contributed by atoms with Crippen molar-refractivity contribution in [3.05, 3.63) is 35.0 Å². The van der Waals surface area contributed by atoms with E-state index in [2.05, 4.69) is 0 Å². The Morgan fingerprint density at radius 3 is 3.00 bits per heavy atom. The first kappa shape index (κ1) is 8.60. The maximum atomic E-state index is 6.04. The van der Waals surface area contributed by atoms with Crippen molar-refractivity contribution in [1.29, 1.82) is 0 Å². The average molecular weight is 196 g/mol. The number of nitrogens with two attached hydrogens (primary N) is 1. The molecule has 68 valence electrons. The number of furan rings is 1. The molecule has 0 saturated heterocycles. The number of fused-ring (bicyclic) bond motifs is 1. The molecule has 0 spiro atoms. The molecule has 1 aromatic heterocycles. The standard InChI is InChI=1S/C10H10ClNO/c11-8-2-1-3-9-10(8)7(4-5-12)6-13-9/h1-3,6H,4-5,12H2. The maximum Gasteiger partial charge on any atom is 0.135 e. The lowest BCUT2D eigenvalue weighted by atomic mass is 10.1. The van der Waals surface area contributed by atoms with Crippen molar-refractivity contribution in [3.8, 4) is 0 Å². The van der Waals surface area contributed by atoms with Crippen molar-refractivity contribution in [2.45, 2.75) is 6.42 Å². The van der Waals surface area contributed by atoms with Gasteiger partial charge in [0, 0.05) is 10.9 Å². The fourth-order valence-corrected chi connectivity index (χ4v) is 1.73. The summed E-state index contributed by atoms with van der Waals surface area (Å²) in [5.74, 6) is 0. The van der Waals surface area contributed by atoms with Gasteiger partial charge in [-0.05, 0) is 25.1 Å². The van der Waals surface area contributed by atoms with Gasteiger partial charge in [0.05, 0.1) is 11.3 Å². The lowest BCUT2D eigenvalue weighted by molar-refractivity contribution is 0.610. The van der Waals surface area contributed by atoms with Gasteiger partial charge in [0.1, 0.15) is 5.58 Å². The van der Waals surface area contributed by atoms with Gasteiger partial charge in [0.2, 0.25) is 0 Å². The van der Waals surface area contributed by atoms with Crippen LogP contribution in [0.15, 0.2) is 28.9 Å². The Labute approximate surface area is 81.3 Å². The minimum absolute atomic E-state index is 0.611. The molecule has 0 aliphatic carbocycles. The molecule has 0 unspecified atom stereocenters. The van der Waals surface area contributed by atoms with Gasteiger partial charge in [-0.3, -0.25) is 0 Å².